The molecular formula is C22H33N3O5S. The Labute approximate surface area is 184 Å². The van der Waals surface area contributed by atoms with Gasteiger partial charge in [0.05, 0.1) is 30.1 Å². The summed E-state index contributed by atoms with van der Waals surface area (Å²) in [5.41, 5.74) is 0.963. The Bertz CT molecular complexity index is 850. The molecule has 2 heterocycles. The zero-order valence-corrected chi connectivity index (χ0v) is 18.8. The lowest BCUT2D eigenvalue weighted by molar-refractivity contribution is -0.125. The summed E-state index contributed by atoms with van der Waals surface area (Å²) >= 11 is 0. The number of amides is 1. The van der Waals surface area contributed by atoms with E-state index >= 15 is 0 Å². The summed E-state index contributed by atoms with van der Waals surface area (Å²) < 4.78 is 33.6. The topological polar surface area (TPSA) is 108 Å². The lowest BCUT2D eigenvalue weighted by atomic mass is 10.1. The van der Waals surface area contributed by atoms with E-state index in [1.54, 1.807) is 24.3 Å². The second-order valence-corrected chi connectivity index (χ2v) is 9.91. The number of aliphatic hydroxyl groups excluding tert-OH is 1. The van der Waals surface area contributed by atoms with E-state index in [-0.39, 0.29) is 23.8 Å². The molecule has 1 saturated heterocycles. The number of carbonyl (C=O) groups is 1. The fourth-order valence-electron chi connectivity index (χ4n) is 3.87. The third-order valence-electron chi connectivity index (χ3n) is 5.67. The van der Waals surface area contributed by atoms with Crippen molar-refractivity contribution in [3.63, 3.8) is 0 Å². The van der Waals surface area contributed by atoms with E-state index in [9.17, 15) is 18.3 Å². The molecule has 0 bridgehead atoms. The fourth-order valence-corrected chi connectivity index (χ4v) is 5.09. The van der Waals surface area contributed by atoms with Crippen LogP contribution in [0.2, 0.25) is 0 Å². The number of hydrogen-bond acceptors (Lipinski definition) is 6. The highest BCUT2D eigenvalue weighted by Crippen LogP contribution is 2.18. The van der Waals surface area contributed by atoms with E-state index < -0.39 is 28.3 Å². The van der Waals surface area contributed by atoms with Gasteiger partial charge < -0.3 is 20.1 Å². The molecule has 1 amide bonds. The highest BCUT2D eigenvalue weighted by molar-refractivity contribution is 7.89. The Balaban J connectivity index is 1.50. The van der Waals surface area contributed by atoms with E-state index in [0.29, 0.717) is 6.54 Å². The molecule has 0 radical (unpaired) electrons. The molecule has 31 heavy (non-hydrogen) atoms. The van der Waals surface area contributed by atoms with E-state index in [1.807, 2.05) is 6.92 Å². The van der Waals surface area contributed by atoms with Gasteiger partial charge >= 0.3 is 0 Å². The average Bonchev–Trinajstić information content (AvgIpc) is 2.75. The predicted molar refractivity (Wildman–Crippen MR) is 118 cm³/mol. The van der Waals surface area contributed by atoms with Crippen LogP contribution in [0.3, 0.4) is 0 Å². The molecule has 0 aliphatic carbocycles. The van der Waals surface area contributed by atoms with Crippen LogP contribution in [0.25, 0.3) is 0 Å². The maximum absolute atomic E-state index is 12.6. The average molecular weight is 452 g/mol. The third-order valence-corrected chi connectivity index (χ3v) is 7.15. The van der Waals surface area contributed by atoms with Crippen LogP contribution < -0.4 is 10.0 Å². The van der Waals surface area contributed by atoms with E-state index in [0.717, 1.165) is 25.2 Å². The number of rotatable bonds is 9. The Morgan fingerprint density at radius 1 is 1.16 bits per heavy atom. The fraction of sp³-hybridized carbons (Fsp3) is 0.591. The van der Waals surface area contributed by atoms with Crippen LogP contribution in [-0.2, 0) is 19.6 Å². The first kappa shape index (κ1) is 23.9. The van der Waals surface area contributed by atoms with Crippen molar-refractivity contribution in [3.05, 3.63) is 42.0 Å². The van der Waals surface area contributed by atoms with Gasteiger partial charge in [-0.05, 0) is 45.0 Å². The summed E-state index contributed by atoms with van der Waals surface area (Å²) in [6.45, 7) is 5.13. The zero-order chi connectivity index (χ0) is 22.3. The Morgan fingerprint density at radius 3 is 2.55 bits per heavy atom. The lowest BCUT2D eigenvalue weighted by Crippen LogP contribution is -2.49. The number of likely N-dealkylation sites (tertiary alicyclic amines) is 1. The van der Waals surface area contributed by atoms with Crippen LogP contribution in [0.15, 0.2) is 41.3 Å². The normalized spacial score (nSPS) is 24.8. The molecule has 8 nitrogen and oxygen atoms in total. The minimum Gasteiger partial charge on any atom is -0.394 e. The summed E-state index contributed by atoms with van der Waals surface area (Å²) in [5, 5.41) is 12.6. The maximum Gasteiger partial charge on any atom is 0.241 e. The van der Waals surface area contributed by atoms with E-state index in [2.05, 4.69) is 14.9 Å². The summed E-state index contributed by atoms with van der Waals surface area (Å²) in [7, 11) is -3.76. The third kappa shape index (κ3) is 7.11. The van der Waals surface area contributed by atoms with Crippen molar-refractivity contribution in [2.45, 2.75) is 55.8 Å². The maximum atomic E-state index is 12.6. The van der Waals surface area contributed by atoms with Gasteiger partial charge in [0.2, 0.25) is 15.9 Å². The first-order valence-corrected chi connectivity index (χ1v) is 12.4. The highest BCUT2D eigenvalue weighted by atomic mass is 32.2. The largest absolute Gasteiger partial charge is 0.394 e. The molecule has 9 heteroatoms. The molecule has 3 atom stereocenters. The molecule has 2 aliphatic rings. The predicted octanol–water partition coefficient (Wildman–Crippen LogP) is 0.950. The molecule has 1 fully saturated rings. The molecule has 3 rings (SSSR count). The van der Waals surface area contributed by atoms with E-state index in [4.69, 9.17) is 4.74 Å². The molecular weight excluding hydrogens is 418 g/mol. The van der Waals surface area contributed by atoms with Crippen molar-refractivity contribution in [2.75, 3.05) is 32.8 Å². The van der Waals surface area contributed by atoms with Gasteiger partial charge in [0.25, 0.3) is 0 Å². The summed E-state index contributed by atoms with van der Waals surface area (Å²) in [6, 6.07) is 5.82. The number of ether oxygens (including phenoxy) is 1. The SMILES string of the molecule is Cc1ccc(S(=O)(=O)N[C@H]2C=C[C@@H](CC(=O)NCCN3CCCCC3)O[C@@H]2CO)cc1. The second-order valence-electron chi connectivity index (χ2n) is 8.20. The van der Waals surface area contributed by atoms with Gasteiger partial charge in [-0.1, -0.05) is 36.3 Å². The summed E-state index contributed by atoms with van der Waals surface area (Å²) in [4.78, 5) is 14.8. The van der Waals surface area contributed by atoms with Gasteiger partial charge in [-0.15, -0.1) is 0 Å². The second kappa shape index (κ2) is 11.2. The number of carbonyl (C=O) groups excluding carboxylic acids is 1. The monoisotopic (exact) mass is 451 g/mol. The minimum atomic E-state index is -3.76. The van der Waals surface area contributed by atoms with Crippen molar-refractivity contribution in [3.8, 4) is 0 Å². The Morgan fingerprint density at radius 2 is 1.87 bits per heavy atom. The number of nitrogens with zero attached hydrogens (tertiary/aromatic N) is 1. The van der Waals surface area contributed by atoms with Crippen molar-refractivity contribution in [1.82, 2.24) is 14.9 Å². The van der Waals surface area contributed by atoms with Gasteiger partial charge in [0, 0.05) is 13.1 Å². The van der Waals surface area contributed by atoms with Crippen LogP contribution in [0.5, 0.6) is 0 Å². The standard InChI is InChI=1S/C22H33N3O5S/c1-17-5-8-19(9-6-17)31(28,29)24-20-10-7-18(30-21(20)16-26)15-22(27)23-11-14-25-12-3-2-4-13-25/h5-10,18,20-21,24,26H,2-4,11-16H2,1H3,(H,23,27)/t18-,20-,21+/m0/s1. The highest BCUT2D eigenvalue weighted by Gasteiger charge is 2.31. The number of aliphatic hydroxyl groups is 1. The number of sulfonamides is 1. The Kier molecular flexibility index (Phi) is 8.62. The van der Waals surface area contributed by atoms with Crippen LogP contribution in [0.1, 0.15) is 31.2 Å². The molecule has 1 aromatic rings. The molecule has 2 aliphatic heterocycles. The van der Waals surface area contributed by atoms with Gasteiger partial charge in [0.1, 0.15) is 6.10 Å². The summed E-state index contributed by atoms with van der Waals surface area (Å²) in [5.74, 6) is -0.123. The molecule has 172 valence electrons. The van der Waals surface area contributed by atoms with Crippen LogP contribution in [0.4, 0.5) is 0 Å². The van der Waals surface area contributed by atoms with Crippen molar-refractivity contribution >= 4 is 15.9 Å². The first-order valence-electron chi connectivity index (χ1n) is 10.9. The Hall–Kier alpha value is -1.78. The number of benzene rings is 1. The zero-order valence-electron chi connectivity index (χ0n) is 18.0. The van der Waals surface area contributed by atoms with Crippen molar-refractivity contribution < 1.29 is 23.1 Å². The van der Waals surface area contributed by atoms with Crippen molar-refractivity contribution in [2.24, 2.45) is 0 Å². The van der Waals surface area contributed by atoms with Gasteiger partial charge in [-0.3, -0.25) is 4.79 Å². The molecule has 3 N–H and O–H groups in total. The number of piperidine rings is 1. The number of hydrogen-bond donors (Lipinski definition) is 3. The summed E-state index contributed by atoms with van der Waals surface area (Å²) in [6.07, 6.45) is 5.90. The number of aryl methyl sites for hydroxylation is 1. The van der Waals surface area contributed by atoms with Crippen molar-refractivity contribution in [1.29, 1.82) is 0 Å². The minimum absolute atomic E-state index is 0.123. The quantitative estimate of drug-likeness (QED) is 0.483. The van der Waals surface area contributed by atoms with E-state index in [1.165, 1.54) is 31.4 Å². The molecule has 1 aromatic carbocycles. The molecule has 0 spiro atoms. The van der Waals surface area contributed by atoms with Crippen LogP contribution in [0, 0.1) is 6.92 Å². The van der Waals surface area contributed by atoms with Gasteiger partial charge in [-0.25, -0.2) is 13.1 Å². The molecule has 0 aromatic heterocycles. The molecule has 0 unspecified atom stereocenters. The number of nitrogens with one attached hydrogen (secondary N) is 2. The smallest absolute Gasteiger partial charge is 0.241 e. The van der Waals surface area contributed by atoms with Crippen LogP contribution in [-0.4, -0.2) is 75.4 Å². The lowest BCUT2D eigenvalue weighted by Gasteiger charge is -2.31. The van der Waals surface area contributed by atoms with Gasteiger partial charge in [-0.2, -0.15) is 0 Å². The first-order chi connectivity index (χ1) is 14.9. The molecule has 0 saturated carbocycles. The van der Waals surface area contributed by atoms with Crippen LogP contribution >= 0.6 is 0 Å². The van der Waals surface area contributed by atoms with Gasteiger partial charge in [0.15, 0.2) is 0 Å².